The highest BCUT2D eigenvalue weighted by Gasteiger charge is 2.46. The predicted molar refractivity (Wildman–Crippen MR) is 99.6 cm³/mol. The molecule has 1 fully saturated rings. The van der Waals surface area contributed by atoms with Gasteiger partial charge < -0.3 is 0 Å². The zero-order valence-corrected chi connectivity index (χ0v) is 14.7. The summed E-state index contributed by atoms with van der Waals surface area (Å²) in [5.41, 5.74) is 9.24. The molecule has 0 radical (unpaired) electrons. The monoisotopic (exact) mass is 302 g/mol. The van der Waals surface area contributed by atoms with Crippen molar-refractivity contribution in [1.29, 1.82) is 0 Å². The van der Waals surface area contributed by atoms with Gasteiger partial charge in [-0.1, -0.05) is 86.9 Å². The van der Waals surface area contributed by atoms with Crippen molar-refractivity contribution in [2.45, 2.75) is 52.4 Å². The van der Waals surface area contributed by atoms with Crippen molar-refractivity contribution < 1.29 is 0 Å². The van der Waals surface area contributed by atoms with Gasteiger partial charge in [0.05, 0.1) is 0 Å². The predicted octanol–water partition coefficient (Wildman–Crippen LogP) is 6.53. The Balaban J connectivity index is 1.93. The van der Waals surface area contributed by atoms with E-state index in [0.717, 1.165) is 0 Å². The van der Waals surface area contributed by atoms with E-state index in [4.69, 9.17) is 0 Å². The van der Waals surface area contributed by atoms with E-state index in [2.05, 4.69) is 76.2 Å². The Labute approximate surface area is 140 Å². The normalized spacial score (nSPS) is 24.8. The number of hydrogen-bond donors (Lipinski definition) is 0. The standard InChI is InChI=1S/C23H26/c1-16-9-11-17(12-10-16)18-7-5-8-20-19(18)15-21-22(2,3)13-6-14-23(20,21)4/h5,7-12,15H,6,13-14H2,1-4H3/t23-/m1/s1. The molecule has 0 aliphatic heterocycles. The van der Waals surface area contributed by atoms with Crippen molar-refractivity contribution in [3.05, 3.63) is 64.7 Å². The molecule has 0 N–H and O–H groups in total. The Morgan fingerprint density at radius 3 is 2.35 bits per heavy atom. The van der Waals surface area contributed by atoms with E-state index in [1.165, 1.54) is 41.5 Å². The minimum absolute atomic E-state index is 0.234. The third kappa shape index (κ3) is 2.11. The molecule has 118 valence electrons. The van der Waals surface area contributed by atoms with Crippen LogP contribution in [0.3, 0.4) is 0 Å². The zero-order valence-electron chi connectivity index (χ0n) is 14.7. The molecule has 0 nitrogen and oxygen atoms in total. The van der Waals surface area contributed by atoms with Crippen molar-refractivity contribution in [1.82, 2.24) is 0 Å². The second-order valence-corrected chi connectivity index (χ2v) is 8.26. The lowest BCUT2D eigenvalue weighted by Gasteiger charge is -2.44. The van der Waals surface area contributed by atoms with Crippen LogP contribution in [0.4, 0.5) is 0 Å². The molecule has 0 bridgehead atoms. The van der Waals surface area contributed by atoms with E-state index in [1.807, 2.05) is 0 Å². The van der Waals surface area contributed by atoms with E-state index in [1.54, 1.807) is 11.1 Å². The number of aryl methyl sites for hydroxylation is 1. The number of hydrogen-bond acceptors (Lipinski definition) is 0. The SMILES string of the molecule is Cc1ccc(-c2cccc3c2C=C2C(C)(C)CCC[C@@]23C)cc1. The number of benzene rings is 2. The summed E-state index contributed by atoms with van der Waals surface area (Å²) < 4.78 is 0. The molecular formula is C23H26. The first-order valence-electron chi connectivity index (χ1n) is 8.85. The molecule has 0 amide bonds. The van der Waals surface area contributed by atoms with Crippen molar-refractivity contribution in [2.75, 3.05) is 0 Å². The van der Waals surface area contributed by atoms with Gasteiger partial charge in [0.15, 0.2) is 0 Å². The van der Waals surface area contributed by atoms with E-state index < -0.39 is 0 Å². The molecule has 2 aliphatic carbocycles. The van der Waals surface area contributed by atoms with Crippen LogP contribution in [0.25, 0.3) is 17.2 Å². The lowest BCUT2D eigenvalue weighted by molar-refractivity contribution is 0.266. The van der Waals surface area contributed by atoms with Crippen LogP contribution in [0, 0.1) is 12.3 Å². The molecule has 0 aromatic heterocycles. The maximum absolute atomic E-state index is 2.52. The Kier molecular flexibility index (Phi) is 3.10. The zero-order chi connectivity index (χ0) is 16.2. The van der Waals surface area contributed by atoms with E-state index in [-0.39, 0.29) is 5.41 Å². The van der Waals surface area contributed by atoms with Gasteiger partial charge in [-0.2, -0.15) is 0 Å². The summed E-state index contributed by atoms with van der Waals surface area (Å²) in [4.78, 5) is 0. The molecule has 0 heterocycles. The van der Waals surface area contributed by atoms with Gasteiger partial charge in [0, 0.05) is 5.41 Å². The van der Waals surface area contributed by atoms with Gasteiger partial charge >= 0.3 is 0 Å². The van der Waals surface area contributed by atoms with Gasteiger partial charge in [0.1, 0.15) is 0 Å². The summed E-state index contributed by atoms with van der Waals surface area (Å²) >= 11 is 0. The van der Waals surface area contributed by atoms with Gasteiger partial charge in [-0.25, -0.2) is 0 Å². The number of allylic oxidation sites excluding steroid dienone is 1. The maximum atomic E-state index is 2.52. The van der Waals surface area contributed by atoms with Crippen LogP contribution in [-0.2, 0) is 5.41 Å². The van der Waals surface area contributed by atoms with Gasteiger partial charge in [-0.05, 0) is 47.4 Å². The molecule has 0 heteroatoms. The number of fused-ring (bicyclic) bond motifs is 3. The molecular weight excluding hydrogens is 276 g/mol. The highest BCUT2D eigenvalue weighted by atomic mass is 14.5. The van der Waals surface area contributed by atoms with Gasteiger partial charge in [0.25, 0.3) is 0 Å². The Morgan fingerprint density at radius 2 is 1.61 bits per heavy atom. The number of rotatable bonds is 1. The molecule has 0 unspecified atom stereocenters. The van der Waals surface area contributed by atoms with Crippen LogP contribution in [-0.4, -0.2) is 0 Å². The lowest BCUT2D eigenvalue weighted by atomic mass is 9.60. The summed E-state index contributed by atoms with van der Waals surface area (Å²) in [7, 11) is 0. The van der Waals surface area contributed by atoms with Crippen LogP contribution >= 0.6 is 0 Å². The summed E-state index contributed by atoms with van der Waals surface area (Å²) in [5.74, 6) is 0. The molecule has 2 aromatic carbocycles. The quantitative estimate of drug-likeness (QED) is 0.562. The topological polar surface area (TPSA) is 0 Å². The lowest BCUT2D eigenvalue weighted by Crippen LogP contribution is -2.35. The molecule has 0 saturated heterocycles. The van der Waals surface area contributed by atoms with Crippen LogP contribution in [0.1, 0.15) is 56.7 Å². The minimum atomic E-state index is 0.234. The van der Waals surface area contributed by atoms with Crippen molar-refractivity contribution in [3.63, 3.8) is 0 Å². The first-order chi connectivity index (χ1) is 10.9. The molecule has 0 spiro atoms. The minimum Gasteiger partial charge on any atom is -0.0613 e. The molecule has 23 heavy (non-hydrogen) atoms. The molecule has 2 aromatic rings. The van der Waals surface area contributed by atoms with Crippen molar-refractivity contribution >= 4 is 6.08 Å². The summed E-state index contributed by atoms with van der Waals surface area (Å²) in [5, 5.41) is 0. The molecule has 1 saturated carbocycles. The second kappa shape index (κ2) is 4.84. The van der Waals surface area contributed by atoms with E-state index in [9.17, 15) is 0 Å². The summed E-state index contributed by atoms with van der Waals surface area (Å²) in [6, 6.07) is 15.9. The first-order valence-corrected chi connectivity index (χ1v) is 8.85. The highest BCUT2D eigenvalue weighted by Crippen LogP contribution is 2.57. The smallest absolute Gasteiger partial charge is 0.0148 e. The Bertz CT molecular complexity index is 789. The average Bonchev–Trinajstić information content (AvgIpc) is 2.83. The maximum Gasteiger partial charge on any atom is 0.0148 e. The first kappa shape index (κ1) is 14.8. The summed E-state index contributed by atoms with van der Waals surface area (Å²) in [6.07, 6.45) is 6.44. The molecule has 1 atom stereocenters. The third-order valence-corrected chi connectivity index (χ3v) is 6.15. The molecule has 2 aliphatic rings. The van der Waals surface area contributed by atoms with Gasteiger partial charge in [-0.3, -0.25) is 0 Å². The highest BCUT2D eigenvalue weighted by molar-refractivity contribution is 5.83. The van der Waals surface area contributed by atoms with Crippen molar-refractivity contribution in [3.8, 4) is 11.1 Å². The second-order valence-electron chi connectivity index (χ2n) is 8.26. The Hall–Kier alpha value is -1.82. The van der Waals surface area contributed by atoms with Crippen LogP contribution in [0.15, 0.2) is 48.0 Å². The van der Waals surface area contributed by atoms with Crippen LogP contribution < -0.4 is 0 Å². The van der Waals surface area contributed by atoms with Crippen molar-refractivity contribution in [2.24, 2.45) is 5.41 Å². The molecule has 4 rings (SSSR count). The fourth-order valence-corrected chi connectivity index (χ4v) is 4.87. The van der Waals surface area contributed by atoms with Gasteiger partial charge in [0.2, 0.25) is 0 Å². The largest absolute Gasteiger partial charge is 0.0613 e. The Morgan fingerprint density at radius 1 is 0.870 bits per heavy atom. The van der Waals surface area contributed by atoms with Crippen LogP contribution in [0.2, 0.25) is 0 Å². The van der Waals surface area contributed by atoms with Crippen LogP contribution in [0.5, 0.6) is 0 Å². The third-order valence-electron chi connectivity index (χ3n) is 6.15. The average molecular weight is 302 g/mol. The summed E-state index contributed by atoms with van der Waals surface area (Å²) in [6.45, 7) is 9.46. The fourth-order valence-electron chi connectivity index (χ4n) is 4.87. The fraction of sp³-hybridized carbons (Fsp3) is 0.391. The van der Waals surface area contributed by atoms with Gasteiger partial charge in [-0.15, -0.1) is 0 Å². The van der Waals surface area contributed by atoms with E-state index in [0.29, 0.717) is 5.41 Å². The van der Waals surface area contributed by atoms with E-state index >= 15 is 0 Å².